The molecule has 0 bridgehead atoms. The van der Waals surface area contributed by atoms with E-state index in [1.54, 1.807) is 6.07 Å². The molecule has 130 valence electrons. The average Bonchev–Trinajstić information content (AvgIpc) is 2.53. The molecule has 0 radical (unpaired) electrons. The number of hydrogen-bond acceptors (Lipinski definition) is 5. The van der Waals surface area contributed by atoms with Crippen LogP contribution in [0.2, 0.25) is 0 Å². The maximum atomic E-state index is 12.6. The number of nitrogens with one attached hydrogen (secondary N) is 1. The number of likely N-dealkylation sites (tertiary alicyclic amines) is 1. The van der Waals surface area contributed by atoms with Gasteiger partial charge >= 0.3 is 0 Å². The molecule has 1 aromatic carbocycles. The fraction of sp³-hybridized carbons (Fsp3) is 0.529. The van der Waals surface area contributed by atoms with E-state index in [0.29, 0.717) is 18.0 Å². The van der Waals surface area contributed by atoms with Crippen molar-refractivity contribution in [3.63, 3.8) is 0 Å². The van der Waals surface area contributed by atoms with E-state index in [0.717, 1.165) is 19.4 Å². The number of carbonyl (C=O) groups is 2. The van der Waals surface area contributed by atoms with E-state index in [2.05, 4.69) is 5.32 Å². The van der Waals surface area contributed by atoms with Crippen LogP contribution in [0.3, 0.4) is 0 Å². The maximum absolute atomic E-state index is 12.6. The molecule has 1 aromatic rings. The van der Waals surface area contributed by atoms with Crippen molar-refractivity contribution in [1.82, 2.24) is 10.2 Å². The largest absolute Gasteiger partial charge is 0.482 e. The highest BCUT2D eigenvalue weighted by atomic mass is 16.6. The van der Waals surface area contributed by atoms with Crippen molar-refractivity contribution in [1.29, 1.82) is 0 Å². The van der Waals surface area contributed by atoms with Crippen LogP contribution >= 0.6 is 0 Å². The van der Waals surface area contributed by atoms with E-state index in [4.69, 9.17) is 15.2 Å². The lowest BCUT2D eigenvalue weighted by atomic mass is 10.0. The van der Waals surface area contributed by atoms with Gasteiger partial charge in [0.25, 0.3) is 5.91 Å². The quantitative estimate of drug-likeness (QED) is 0.825. The molecule has 1 fully saturated rings. The Balaban J connectivity index is 1.59. The Hall–Kier alpha value is -2.28. The predicted molar refractivity (Wildman–Crippen MR) is 87.7 cm³/mol. The first kappa shape index (κ1) is 16.6. The minimum Gasteiger partial charge on any atom is -0.482 e. The van der Waals surface area contributed by atoms with Gasteiger partial charge in [0.15, 0.2) is 11.5 Å². The number of benzene rings is 1. The molecule has 3 atom stereocenters. The van der Waals surface area contributed by atoms with E-state index >= 15 is 0 Å². The SMILES string of the molecule is C[C@@H]1Oc2ccccc2O[C@@H]1C(=O)N[C@@H]1CCCN(CC(N)=O)C1. The summed E-state index contributed by atoms with van der Waals surface area (Å²) >= 11 is 0. The minimum atomic E-state index is -0.689. The van der Waals surface area contributed by atoms with Crippen LogP contribution in [-0.2, 0) is 9.59 Å². The Morgan fingerprint density at radius 3 is 2.71 bits per heavy atom. The number of piperidine rings is 1. The van der Waals surface area contributed by atoms with E-state index in [9.17, 15) is 9.59 Å². The molecule has 7 nitrogen and oxygen atoms in total. The summed E-state index contributed by atoms with van der Waals surface area (Å²) in [5.41, 5.74) is 5.25. The van der Waals surface area contributed by atoms with Gasteiger partial charge < -0.3 is 20.5 Å². The molecular formula is C17H23N3O4. The van der Waals surface area contributed by atoms with Crippen LogP contribution < -0.4 is 20.5 Å². The number of amides is 2. The molecule has 2 heterocycles. The fourth-order valence-corrected chi connectivity index (χ4v) is 3.23. The zero-order chi connectivity index (χ0) is 17.1. The van der Waals surface area contributed by atoms with Crippen molar-refractivity contribution in [2.24, 2.45) is 5.73 Å². The number of ether oxygens (including phenoxy) is 2. The van der Waals surface area contributed by atoms with Gasteiger partial charge in [-0.2, -0.15) is 0 Å². The van der Waals surface area contributed by atoms with Crippen LogP contribution in [0.5, 0.6) is 11.5 Å². The molecule has 3 rings (SSSR count). The topological polar surface area (TPSA) is 93.9 Å². The summed E-state index contributed by atoms with van der Waals surface area (Å²) < 4.78 is 11.6. The van der Waals surface area contributed by atoms with Gasteiger partial charge in [0, 0.05) is 12.6 Å². The summed E-state index contributed by atoms with van der Waals surface area (Å²) in [6, 6.07) is 7.30. The molecule has 2 aliphatic heterocycles. The van der Waals surface area contributed by atoms with Crippen molar-refractivity contribution in [2.45, 2.75) is 38.0 Å². The van der Waals surface area contributed by atoms with Gasteiger partial charge in [0.05, 0.1) is 6.54 Å². The second-order valence-electron chi connectivity index (χ2n) is 6.36. The van der Waals surface area contributed by atoms with E-state index in [1.807, 2.05) is 30.0 Å². The average molecular weight is 333 g/mol. The Bertz CT molecular complexity index is 622. The summed E-state index contributed by atoms with van der Waals surface area (Å²) in [6.45, 7) is 3.48. The van der Waals surface area contributed by atoms with Crippen LogP contribution in [-0.4, -0.2) is 54.6 Å². The monoisotopic (exact) mass is 333 g/mol. The second kappa shape index (κ2) is 7.09. The van der Waals surface area contributed by atoms with Crippen molar-refractivity contribution in [2.75, 3.05) is 19.6 Å². The lowest BCUT2D eigenvalue weighted by Crippen LogP contribution is -2.55. The number of rotatable bonds is 4. The number of hydrogen-bond donors (Lipinski definition) is 2. The Kier molecular flexibility index (Phi) is 4.89. The molecule has 3 N–H and O–H groups in total. The molecule has 2 amide bonds. The zero-order valence-corrected chi connectivity index (χ0v) is 13.7. The van der Waals surface area contributed by atoms with Gasteiger partial charge in [0.1, 0.15) is 6.10 Å². The first-order valence-corrected chi connectivity index (χ1v) is 8.26. The summed E-state index contributed by atoms with van der Waals surface area (Å²) in [5.74, 6) is 0.688. The van der Waals surface area contributed by atoms with Gasteiger partial charge in [-0.05, 0) is 38.4 Å². The number of para-hydroxylation sites is 2. The van der Waals surface area contributed by atoms with Gasteiger partial charge in [0.2, 0.25) is 12.0 Å². The summed E-state index contributed by atoms with van der Waals surface area (Å²) in [5, 5.41) is 3.02. The lowest BCUT2D eigenvalue weighted by molar-refractivity contribution is -0.134. The van der Waals surface area contributed by atoms with Crippen LogP contribution in [0.4, 0.5) is 0 Å². The first-order valence-electron chi connectivity index (χ1n) is 8.26. The Labute approximate surface area is 141 Å². The Morgan fingerprint density at radius 1 is 1.29 bits per heavy atom. The smallest absolute Gasteiger partial charge is 0.265 e. The molecule has 7 heteroatoms. The van der Waals surface area contributed by atoms with Gasteiger partial charge in [-0.15, -0.1) is 0 Å². The number of fused-ring (bicyclic) bond motifs is 1. The standard InChI is InChI=1S/C17H23N3O4/c1-11-16(24-14-7-3-2-6-13(14)23-11)17(22)19-12-5-4-8-20(9-12)10-15(18)21/h2-3,6-7,11-12,16H,4-5,8-10H2,1H3,(H2,18,21)(H,19,22)/t11-,12+,16-/m0/s1. The van der Waals surface area contributed by atoms with Crippen LogP contribution in [0, 0.1) is 0 Å². The molecule has 2 aliphatic rings. The molecule has 0 unspecified atom stereocenters. The lowest BCUT2D eigenvalue weighted by Gasteiger charge is -2.35. The van der Waals surface area contributed by atoms with Crippen LogP contribution in [0.1, 0.15) is 19.8 Å². The zero-order valence-electron chi connectivity index (χ0n) is 13.7. The summed E-state index contributed by atoms with van der Waals surface area (Å²) in [7, 11) is 0. The van der Waals surface area contributed by atoms with Crippen LogP contribution in [0.25, 0.3) is 0 Å². The van der Waals surface area contributed by atoms with Gasteiger partial charge in [-0.1, -0.05) is 12.1 Å². The van der Waals surface area contributed by atoms with Gasteiger partial charge in [-0.3, -0.25) is 14.5 Å². The van der Waals surface area contributed by atoms with E-state index in [1.165, 1.54) is 0 Å². The highest BCUT2D eigenvalue weighted by molar-refractivity contribution is 5.82. The number of primary amides is 1. The normalized spacial score (nSPS) is 26.6. The third-order valence-electron chi connectivity index (χ3n) is 4.33. The van der Waals surface area contributed by atoms with Gasteiger partial charge in [-0.25, -0.2) is 0 Å². The van der Waals surface area contributed by atoms with E-state index in [-0.39, 0.29) is 30.5 Å². The third-order valence-corrected chi connectivity index (χ3v) is 4.33. The first-order chi connectivity index (χ1) is 11.5. The fourth-order valence-electron chi connectivity index (χ4n) is 3.23. The van der Waals surface area contributed by atoms with Crippen molar-refractivity contribution >= 4 is 11.8 Å². The molecular weight excluding hydrogens is 310 g/mol. The maximum Gasteiger partial charge on any atom is 0.265 e. The second-order valence-corrected chi connectivity index (χ2v) is 6.36. The Morgan fingerprint density at radius 2 is 2.00 bits per heavy atom. The summed E-state index contributed by atoms with van der Waals surface area (Å²) in [6.07, 6.45) is 0.731. The van der Waals surface area contributed by atoms with Crippen LogP contribution in [0.15, 0.2) is 24.3 Å². The highest BCUT2D eigenvalue weighted by Crippen LogP contribution is 2.33. The molecule has 0 saturated carbocycles. The molecule has 0 spiro atoms. The minimum absolute atomic E-state index is 0.0152. The number of nitrogens with two attached hydrogens (primary N) is 1. The highest BCUT2D eigenvalue weighted by Gasteiger charge is 2.35. The number of nitrogens with zero attached hydrogens (tertiary/aromatic N) is 1. The number of carbonyl (C=O) groups excluding carboxylic acids is 2. The van der Waals surface area contributed by atoms with E-state index < -0.39 is 6.10 Å². The van der Waals surface area contributed by atoms with Crippen molar-refractivity contribution < 1.29 is 19.1 Å². The molecule has 0 aliphatic carbocycles. The summed E-state index contributed by atoms with van der Waals surface area (Å²) in [4.78, 5) is 25.6. The molecule has 0 aromatic heterocycles. The molecule has 24 heavy (non-hydrogen) atoms. The van der Waals surface area contributed by atoms with Crippen molar-refractivity contribution in [3.05, 3.63) is 24.3 Å². The van der Waals surface area contributed by atoms with Crippen molar-refractivity contribution in [3.8, 4) is 11.5 Å². The predicted octanol–water partition coefficient (Wildman–Crippen LogP) is 0.281. The molecule has 1 saturated heterocycles. The third kappa shape index (κ3) is 3.79.